The van der Waals surface area contributed by atoms with Gasteiger partial charge in [0, 0.05) is 28.9 Å². The molecule has 0 aliphatic carbocycles. The zero-order valence-corrected chi connectivity index (χ0v) is 10.9. The van der Waals surface area contributed by atoms with E-state index in [1.165, 1.54) is 13.3 Å². The quantitative estimate of drug-likeness (QED) is 0.868. The molecule has 0 fully saturated rings. The van der Waals surface area contributed by atoms with Crippen LogP contribution in [0.2, 0.25) is 5.02 Å². The van der Waals surface area contributed by atoms with Gasteiger partial charge in [0.25, 0.3) is 0 Å². The minimum atomic E-state index is -0.878. The summed E-state index contributed by atoms with van der Waals surface area (Å²) < 4.78 is 16.0. The molecule has 0 bridgehead atoms. The van der Waals surface area contributed by atoms with Crippen LogP contribution in [0.25, 0.3) is 0 Å². The average Bonchev–Trinajstić information content (AvgIpc) is 2.27. The van der Waals surface area contributed by atoms with Crippen molar-refractivity contribution in [1.82, 2.24) is 9.97 Å². The van der Waals surface area contributed by atoms with E-state index < -0.39 is 10.8 Å². The number of methoxy groups -OCH3 is 1. The normalized spacial score (nSPS) is 14.2. The minimum Gasteiger partial charge on any atom is -0.467 e. The Morgan fingerprint density at radius 2 is 2.38 bits per heavy atom. The highest BCUT2D eigenvalue weighted by molar-refractivity contribution is 7.84. The van der Waals surface area contributed by atoms with E-state index in [0.717, 1.165) is 0 Å². The van der Waals surface area contributed by atoms with Gasteiger partial charge in [0.15, 0.2) is 5.82 Å². The van der Waals surface area contributed by atoms with Gasteiger partial charge in [-0.05, 0) is 6.92 Å². The van der Waals surface area contributed by atoms with Crippen LogP contribution in [0, 0.1) is 0 Å². The van der Waals surface area contributed by atoms with Gasteiger partial charge in [0.1, 0.15) is 5.02 Å². The van der Waals surface area contributed by atoms with E-state index in [-0.39, 0.29) is 11.3 Å². The molecule has 2 atom stereocenters. The molecule has 0 aliphatic heterocycles. The number of hydrogen-bond acceptors (Lipinski definition) is 5. The Hall–Kier alpha value is -0.880. The lowest BCUT2D eigenvalue weighted by Crippen LogP contribution is -2.21. The van der Waals surface area contributed by atoms with Crippen LogP contribution in [0.1, 0.15) is 6.92 Å². The van der Waals surface area contributed by atoms with Crippen LogP contribution in [0.15, 0.2) is 6.20 Å². The number of halogens is 1. The number of nitrogens with zero attached hydrogens (tertiary/aromatic N) is 2. The molecule has 2 unspecified atom stereocenters. The van der Waals surface area contributed by atoms with Crippen molar-refractivity contribution in [2.45, 2.75) is 12.2 Å². The van der Waals surface area contributed by atoms with Crippen LogP contribution in [-0.4, -0.2) is 39.3 Å². The molecule has 1 rings (SSSR count). The maximum Gasteiger partial charge on any atom is 0.318 e. The Labute approximate surface area is 102 Å². The summed E-state index contributed by atoms with van der Waals surface area (Å²) in [5, 5.41) is 3.45. The summed E-state index contributed by atoms with van der Waals surface area (Å²) in [6, 6.07) is 0.247. The maximum absolute atomic E-state index is 11.2. The molecule has 1 N–H and O–H groups in total. The van der Waals surface area contributed by atoms with Crippen LogP contribution in [-0.2, 0) is 10.8 Å². The van der Waals surface area contributed by atoms with E-state index in [4.69, 9.17) is 16.3 Å². The molecule has 1 aromatic heterocycles. The standard InChI is InChI=1S/C9H14ClN3O2S/c1-6(16(3)14)4-11-8-7(10)5-12-9(13-8)15-2/h5-6H,4H2,1-3H3,(H,11,12,13). The van der Waals surface area contributed by atoms with E-state index in [9.17, 15) is 4.21 Å². The summed E-state index contributed by atoms with van der Waals surface area (Å²) in [7, 11) is 0.605. The summed E-state index contributed by atoms with van der Waals surface area (Å²) in [5.41, 5.74) is 0. The van der Waals surface area contributed by atoms with Crippen molar-refractivity contribution < 1.29 is 8.95 Å². The van der Waals surface area contributed by atoms with E-state index in [0.29, 0.717) is 17.4 Å². The number of aromatic nitrogens is 2. The van der Waals surface area contributed by atoms with Gasteiger partial charge in [-0.25, -0.2) is 4.98 Å². The summed E-state index contributed by atoms with van der Waals surface area (Å²) in [6.07, 6.45) is 3.12. The highest BCUT2D eigenvalue weighted by Crippen LogP contribution is 2.20. The number of rotatable bonds is 5. The topological polar surface area (TPSA) is 64.1 Å². The van der Waals surface area contributed by atoms with Crippen LogP contribution in [0.3, 0.4) is 0 Å². The second-order valence-corrected chi connectivity index (χ2v) is 5.45. The fourth-order valence-corrected chi connectivity index (χ4v) is 1.41. The number of nitrogens with one attached hydrogen (secondary N) is 1. The van der Waals surface area contributed by atoms with E-state index in [1.54, 1.807) is 6.26 Å². The monoisotopic (exact) mass is 263 g/mol. The van der Waals surface area contributed by atoms with Crippen LogP contribution in [0.4, 0.5) is 5.82 Å². The molecular formula is C9H14ClN3O2S. The number of ether oxygens (including phenoxy) is 1. The molecule has 16 heavy (non-hydrogen) atoms. The van der Waals surface area contributed by atoms with Gasteiger partial charge >= 0.3 is 6.01 Å². The molecule has 7 heteroatoms. The third-order valence-electron chi connectivity index (χ3n) is 2.03. The highest BCUT2D eigenvalue weighted by Gasteiger charge is 2.09. The summed E-state index contributed by atoms with van der Waals surface area (Å²) in [6.45, 7) is 2.42. The summed E-state index contributed by atoms with van der Waals surface area (Å²) in [4.78, 5) is 7.90. The molecule has 1 heterocycles. The van der Waals surface area contributed by atoms with Crippen LogP contribution < -0.4 is 10.1 Å². The van der Waals surface area contributed by atoms with Crippen molar-refractivity contribution in [1.29, 1.82) is 0 Å². The average molecular weight is 264 g/mol. The predicted molar refractivity (Wildman–Crippen MR) is 65.6 cm³/mol. The first-order valence-corrected chi connectivity index (χ1v) is 6.67. The van der Waals surface area contributed by atoms with Crippen molar-refractivity contribution in [3.63, 3.8) is 0 Å². The molecule has 1 aromatic rings. The van der Waals surface area contributed by atoms with E-state index in [1.807, 2.05) is 6.92 Å². The van der Waals surface area contributed by atoms with Crippen molar-refractivity contribution >= 4 is 28.2 Å². The second-order valence-electron chi connectivity index (χ2n) is 3.24. The van der Waals surface area contributed by atoms with Crippen LogP contribution >= 0.6 is 11.6 Å². The van der Waals surface area contributed by atoms with Gasteiger partial charge in [-0.1, -0.05) is 11.6 Å². The molecule has 0 amide bonds. The summed E-state index contributed by atoms with van der Waals surface area (Å²) >= 11 is 5.90. The van der Waals surface area contributed by atoms with Gasteiger partial charge in [0.2, 0.25) is 0 Å². The van der Waals surface area contributed by atoms with Crippen LogP contribution in [0.5, 0.6) is 6.01 Å². The fraction of sp³-hybridized carbons (Fsp3) is 0.556. The zero-order chi connectivity index (χ0) is 12.1. The van der Waals surface area contributed by atoms with Gasteiger partial charge in [-0.15, -0.1) is 0 Å². The Morgan fingerprint density at radius 3 is 2.94 bits per heavy atom. The molecule has 0 saturated carbocycles. The Kier molecular flexibility index (Phi) is 4.95. The number of anilines is 1. The Bertz CT molecular complexity index is 389. The van der Waals surface area contributed by atoms with Gasteiger partial charge in [-0.2, -0.15) is 4.98 Å². The SMILES string of the molecule is COc1ncc(Cl)c(NCC(C)S(C)=O)n1. The van der Waals surface area contributed by atoms with Gasteiger partial charge in [-0.3, -0.25) is 4.21 Å². The molecule has 5 nitrogen and oxygen atoms in total. The zero-order valence-electron chi connectivity index (χ0n) is 9.36. The molecule has 0 aliphatic rings. The number of hydrogen-bond donors (Lipinski definition) is 1. The molecule has 0 saturated heterocycles. The van der Waals surface area contributed by atoms with E-state index in [2.05, 4.69) is 15.3 Å². The first-order chi connectivity index (χ1) is 7.54. The molecule has 0 spiro atoms. The Balaban J connectivity index is 2.69. The van der Waals surface area contributed by atoms with Gasteiger partial charge in [0.05, 0.1) is 13.3 Å². The molecule has 0 radical (unpaired) electrons. The lowest BCUT2D eigenvalue weighted by Gasteiger charge is -2.11. The lowest BCUT2D eigenvalue weighted by atomic mass is 10.4. The first kappa shape index (κ1) is 13.2. The van der Waals surface area contributed by atoms with Crippen molar-refractivity contribution in [3.05, 3.63) is 11.2 Å². The minimum absolute atomic E-state index is 0.0250. The predicted octanol–water partition coefficient (Wildman–Crippen LogP) is 1.32. The third-order valence-corrected chi connectivity index (χ3v) is 3.60. The lowest BCUT2D eigenvalue weighted by molar-refractivity contribution is 0.380. The fourth-order valence-electron chi connectivity index (χ4n) is 0.931. The Morgan fingerprint density at radius 1 is 1.69 bits per heavy atom. The highest BCUT2D eigenvalue weighted by atomic mass is 35.5. The third kappa shape index (κ3) is 3.61. The maximum atomic E-state index is 11.2. The smallest absolute Gasteiger partial charge is 0.318 e. The van der Waals surface area contributed by atoms with E-state index >= 15 is 0 Å². The van der Waals surface area contributed by atoms with Gasteiger partial charge < -0.3 is 10.1 Å². The molecule has 90 valence electrons. The summed E-state index contributed by atoms with van der Waals surface area (Å²) in [5.74, 6) is 0.491. The molecular weight excluding hydrogens is 250 g/mol. The molecule has 0 aromatic carbocycles. The van der Waals surface area contributed by atoms with Crippen molar-refractivity contribution in [3.8, 4) is 6.01 Å². The van der Waals surface area contributed by atoms with Crippen molar-refractivity contribution in [2.75, 3.05) is 25.2 Å². The largest absolute Gasteiger partial charge is 0.467 e. The first-order valence-electron chi connectivity index (χ1n) is 4.67. The van der Waals surface area contributed by atoms with Crippen molar-refractivity contribution in [2.24, 2.45) is 0 Å². The second kappa shape index (κ2) is 6.00.